The van der Waals surface area contributed by atoms with Crippen molar-refractivity contribution in [1.82, 2.24) is 15.0 Å². The van der Waals surface area contributed by atoms with Crippen LogP contribution in [0.5, 0.6) is 0 Å². The van der Waals surface area contributed by atoms with Crippen LogP contribution in [0.4, 0.5) is 17.8 Å². The zero-order valence-corrected chi connectivity index (χ0v) is 18.9. The minimum atomic E-state index is 0.184. The molecule has 32 heavy (non-hydrogen) atoms. The highest BCUT2D eigenvalue weighted by molar-refractivity contribution is 6.30. The van der Waals surface area contributed by atoms with Crippen molar-refractivity contribution in [3.8, 4) is 0 Å². The van der Waals surface area contributed by atoms with Gasteiger partial charge >= 0.3 is 0 Å². The Hall–Kier alpha value is -2.24. The highest BCUT2D eigenvalue weighted by Crippen LogP contribution is 2.15. The second-order valence-corrected chi connectivity index (χ2v) is 7.68. The van der Waals surface area contributed by atoms with Gasteiger partial charge in [0.1, 0.15) is 0 Å². The van der Waals surface area contributed by atoms with Gasteiger partial charge in [-0.1, -0.05) is 23.7 Å². The molecule has 1 fully saturated rings. The number of hydrogen-bond acceptors (Lipinski definition) is 10. The molecule has 10 nitrogen and oxygen atoms in total. The normalized spacial score (nSPS) is 15.6. The van der Waals surface area contributed by atoms with Crippen molar-refractivity contribution in [3.63, 3.8) is 0 Å². The van der Waals surface area contributed by atoms with E-state index in [4.69, 9.17) is 31.5 Å². The minimum Gasteiger partial charge on any atom is -0.378 e. The van der Waals surface area contributed by atoms with Gasteiger partial charge in [0, 0.05) is 37.8 Å². The fourth-order valence-electron chi connectivity index (χ4n) is 3.05. The topological polar surface area (TPSA) is 128 Å². The molecular weight excluding hydrogens is 434 g/mol. The van der Waals surface area contributed by atoms with Crippen LogP contribution in [0.25, 0.3) is 0 Å². The van der Waals surface area contributed by atoms with Crippen LogP contribution in [0.3, 0.4) is 0 Å². The van der Waals surface area contributed by atoms with Crippen LogP contribution in [0, 0.1) is 0 Å². The summed E-state index contributed by atoms with van der Waals surface area (Å²) in [5, 5.41) is 10.4. The Morgan fingerprint density at radius 1 is 0.938 bits per heavy atom. The molecule has 1 aromatic carbocycles. The molecule has 5 N–H and O–H groups in total. The summed E-state index contributed by atoms with van der Waals surface area (Å²) in [6.45, 7) is 5.19. The lowest BCUT2D eigenvalue weighted by molar-refractivity contribution is 0.0547. The number of hydrogen-bond donors (Lipinski definition) is 4. The Morgan fingerprint density at radius 2 is 1.62 bits per heavy atom. The average Bonchev–Trinajstić information content (AvgIpc) is 3.33. The van der Waals surface area contributed by atoms with Crippen molar-refractivity contribution in [2.45, 2.75) is 25.5 Å². The van der Waals surface area contributed by atoms with Gasteiger partial charge < -0.3 is 35.9 Å². The molecular formula is C21H32ClN7O3. The van der Waals surface area contributed by atoms with Crippen LogP contribution in [0.1, 0.15) is 18.4 Å². The number of ether oxygens (including phenoxy) is 3. The lowest BCUT2D eigenvalue weighted by Gasteiger charge is -2.13. The molecule has 11 heteroatoms. The van der Waals surface area contributed by atoms with Crippen LogP contribution in [-0.2, 0) is 20.8 Å². The van der Waals surface area contributed by atoms with E-state index in [0.717, 1.165) is 25.0 Å². The van der Waals surface area contributed by atoms with E-state index in [0.29, 0.717) is 75.5 Å². The molecule has 0 bridgehead atoms. The summed E-state index contributed by atoms with van der Waals surface area (Å²) < 4.78 is 16.5. The van der Waals surface area contributed by atoms with Gasteiger partial charge in [0.15, 0.2) is 0 Å². The third kappa shape index (κ3) is 9.09. The van der Waals surface area contributed by atoms with Gasteiger partial charge in [0.25, 0.3) is 0 Å². The van der Waals surface area contributed by atoms with E-state index in [9.17, 15) is 0 Å². The predicted octanol–water partition coefficient (Wildman–Crippen LogP) is 2.13. The van der Waals surface area contributed by atoms with Crippen LogP contribution in [-0.4, -0.2) is 73.7 Å². The molecule has 176 valence electrons. The molecule has 3 rings (SSSR count). The molecule has 1 aliphatic heterocycles. The van der Waals surface area contributed by atoms with Crippen LogP contribution >= 0.6 is 11.6 Å². The van der Waals surface area contributed by atoms with E-state index in [1.165, 1.54) is 0 Å². The van der Waals surface area contributed by atoms with Gasteiger partial charge in [0.2, 0.25) is 17.8 Å². The van der Waals surface area contributed by atoms with Gasteiger partial charge in [0.05, 0.1) is 32.5 Å². The number of rotatable bonds is 15. The van der Waals surface area contributed by atoms with Crippen molar-refractivity contribution >= 4 is 29.4 Å². The summed E-state index contributed by atoms with van der Waals surface area (Å²) in [4.78, 5) is 13.4. The predicted molar refractivity (Wildman–Crippen MR) is 125 cm³/mol. The summed E-state index contributed by atoms with van der Waals surface area (Å²) in [6, 6.07) is 7.63. The van der Waals surface area contributed by atoms with Gasteiger partial charge in [-0.3, -0.25) is 0 Å². The Bertz CT molecular complexity index is 791. The maximum Gasteiger partial charge on any atom is 0.229 e. The fourth-order valence-corrected chi connectivity index (χ4v) is 3.17. The molecule has 2 heterocycles. The number of halogens is 1. The molecule has 1 unspecified atom stereocenters. The monoisotopic (exact) mass is 465 g/mol. The lowest BCUT2D eigenvalue weighted by atomic mass is 10.2. The molecule has 0 radical (unpaired) electrons. The third-order valence-corrected chi connectivity index (χ3v) is 4.93. The Balaban J connectivity index is 1.52. The average molecular weight is 466 g/mol. The van der Waals surface area contributed by atoms with Crippen LogP contribution < -0.4 is 21.7 Å². The lowest BCUT2D eigenvalue weighted by Crippen LogP contribution is -2.21. The summed E-state index contributed by atoms with van der Waals surface area (Å²) >= 11 is 5.96. The number of benzene rings is 1. The largest absolute Gasteiger partial charge is 0.378 e. The summed E-state index contributed by atoms with van der Waals surface area (Å²) in [7, 11) is 0. The van der Waals surface area contributed by atoms with E-state index in [-0.39, 0.29) is 6.10 Å². The number of nitrogens with two attached hydrogens (primary N) is 1. The van der Waals surface area contributed by atoms with Gasteiger partial charge in [-0.15, -0.1) is 0 Å². The zero-order chi connectivity index (χ0) is 22.4. The standard InChI is InChI=1S/C21H32ClN7O3/c22-17-5-3-16(4-6-17)14-25-20-27-19(24-8-11-31-13-12-30-10-7-23)28-21(29-20)26-15-18-2-1-9-32-18/h3-6,18H,1-2,7-15,23H2,(H3,24,25,26,27,28,29). The van der Waals surface area contributed by atoms with Crippen molar-refractivity contribution in [3.05, 3.63) is 34.9 Å². The van der Waals surface area contributed by atoms with E-state index in [1.807, 2.05) is 24.3 Å². The number of nitrogens with one attached hydrogen (secondary N) is 3. The number of nitrogens with zero attached hydrogens (tertiary/aromatic N) is 3. The molecule has 0 amide bonds. The Labute approximate surface area is 193 Å². The van der Waals surface area contributed by atoms with E-state index >= 15 is 0 Å². The Kier molecular flexibility index (Phi) is 10.7. The van der Waals surface area contributed by atoms with E-state index < -0.39 is 0 Å². The van der Waals surface area contributed by atoms with Crippen molar-refractivity contribution < 1.29 is 14.2 Å². The van der Waals surface area contributed by atoms with Crippen LogP contribution in [0.15, 0.2) is 24.3 Å². The molecule has 0 spiro atoms. The van der Waals surface area contributed by atoms with Crippen molar-refractivity contribution in [2.75, 3.05) is 68.6 Å². The molecule has 1 saturated heterocycles. The fraction of sp³-hybridized carbons (Fsp3) is 0.571. The molecule has 1 aliphatic rings. The maximum atomic E-state index is 5.96. The molecule has 1 aromatic heterocycles. The first-order valence-electron chi connectivity index (χ1n) is 10.9. The summed E-state index contributed by atoms with van der Waals surface area (Å²) in [6.07, 6.45) is 2.31. The highest BCUT2D eigenvalue weighted by atomic mass is 35.5. The molecule has 0 saturated carbocycles. The van der Waals surface area contributed by atoms with E-state index in [1.54, 1.807) is 0 Å². The molecule has 0 aliphatic carbocycles. The zero-order valence-electron chi connectivity index (χ0n) is 18.2. The minimum absolute atomic E-state index is 0.184. The summed E-state index contributed by atoms with van der Waals surface area (Å²) in [5.74, 6) is 1.44. The third-order valence-electron chi connectivity index (χ3n) is 4.67. The summed E-state index contributed by atoms with van der Waals surface area (Å²) in [5.41, 5.74) is 6.45. The SMILES string of the molecule is NCCOCCOCCNc1nc(NCc2ccc(Cl)cc2)nc(NCC2CCCO2)n1. The van der Waals surface area contributed by atoms with Gasteiger partial charge in [-0.25, -0.2) is 0 Å². The quantitative estimate of drug-likeness (QED) is 0.290. The first kappa shape index (κ1) is 24.4. The van der Waals surface area contributed by atoms with Crippen molar-refractivity contribution in [1.29, 1.82) is 0 Å². The first-order chi connectivity index (χ1) is 15.7. The maximum absolute atomic E-state index is 5.96. The smallest absolute Gasteiger partial charge is 0.229 e. The van der Waals surface area contributed by atoms with Crippen molar-refractivity contribution in [2.24, 2.45) is 5.73 Å². The molecule has 2 aromatic rings. The second kappa shape index (κ2) is 14.0. The van der Waals surface area contributed by atoms with Gasteiger partial charge in [-0.05, 0) is 30.5 Å². The van der Waals surface area contributed by atoms with Crippen LogP contribution in [0.2, 0.25) is 5.02 Å². The number of anilines is 3. The first-order valence-corrected chi connectivity index (χ1v) is 11.3. The number of aromatic nitrogens is 3. The molecule has 1 atom stereocenters. The van der Waals surface area contributed by atoms with Gasteiger partial charge in [-0.2, -0.15) is 15.0 Å². The Morgan fingerprint density at radius 3 is 2.31 bits per heavy atom. The van der Waals surface area contributed by atoms with E-state index in [2.05, 4.69) is 30.9 Å². The second-order valence-electron chi connectivity index (χ2n) is 7.24. The highest BCUT2D eigenvalue weighted by Gasteiger charge is 2.16.